The van der Waals surface area contributed by atoms with Crippen LogP contribution < -0.4 is 5.32 Å². The zero-order valence-corrected chi connectivity index (χ0v) is 5.89. The van der Waals surface area contributed by atoms with Crippen molar-refractivity contribution in [3.8, 4) is 0 Å². The second-order valence-electron chi connectivity index (χ2n) is 1.59. The number of amides is 1. The number of carbonyl (C=O) groups is 1. The Hall–Kier alpha value is -0.730. The molecule has 1 amide bonds. The molecule has 3 nitrogen and oxygen atoms in total. The van der Waals surface area contributed by atoms with Crippen LogP contribution in [-0.2, 0) is 4.74 Å². The summed E-state index contributed by atoms with van der Waals surface area (Å²) in [4.78, 5) is 10.4. The fourth-order valence-electron chi connectivity index (χ4n) is 0.364. The minimum absolute atomic E-state index is 0.445. The molecule has 0 heterocycles. The number of rotatable bonds is 3. The molecule has 0 aliphatic heterocycles. The van der Waals surface area contributed by atoms with E-state index in [1.807, 2.05) is 6.92 Å². The number of ether oxygens (including phenoxy) is 1. The largest absolute Gasteiger partial charge is 0.448 e. The molecule has 0 aliphatic rings. The Morgan fingerprint density at radius 3 is 2.67 bits per heavy atom. The lowest BCUT2D eigenvalue weighted by atomic mass is 10.5. The van der Waals surface area contributed by atoms with Gasteiger partial charge >= 0.3 is 6.09 Å². The molecule has 0 fully saturated rings. The van der Waals surface area contributed by atoms with Crippen LogP contribution in [0.15, 0.2) is 0 Å². The smallest absolute Gasteiger partial charge is 0.428 e. The standard InChI is InChI=1S/C6H12NO2/c1-3-5-9-6(8)7-4-2/h3-5H2,1-2H3. The molecule has 0 N–H and O–H groups in total. The Bertz CT molecular complexity index is 83.1. The van der Waals surface area contributed by atoms with E-state index in [9.17, 15) is 4.79 Å². The summed E-state index contributed by atoms with van der Waals surface area (Å²) in [7, 11) is 0. The predicted molar refractivity (Wildman–Crippen MR) is 34.3 cm³/mol. The van der Waals surface area contributed by atoms with Crippen LogP contribution >= 0.6 is 0 Å². The molecular weight excluding hydrogens is 118 g/mol. The van der Waals surface area contributed by atoms with Gasteiger partial charge in [0.2, 0.25) is 0 Å². The third-order valence-corrected chi connectivity index (χ3v) is 0.717. The van der Waals surface area contributed by atoms with Crippen molar-refractivity contribution in [2.45, 2.75) is 20.3 Å². The molecule has 9 heavy (non-hydrogen) atoms. The molecule has 0 saturated heterocycles. The zero-order valence-electron chi connectivity index (χ0n) is 5.89. The molecule has 0 spiro atoms. The first-order valence-electron chi connectivity index (χ1n) is 3.15. The van der Waals surface area contributed by atoms with E-state index >= 15 is 0 Å². The van der Waals surface area contributed by atoms with Crippen molar-refractivity contribution in [1.29, 1.82) is 0 Å². The molecule has 0 aliphatic carbocycles. The number of nitrogens with zero attached hydrogens (tertiary/aromatic N) is 1. The first-order valence-corrected chi connectivity index (χ1v) is 3.15. The zero-order chi connectivity index (χ0) is 7.11. The Morgan fingerprint density at radius 2 is 2.22 bits per heavy atom. The highest BCUT2D eigenvalue weighted by Crippen LogP contribution is 1.81. The van der Waals surface area contributed by atoms with Crippen molar-refractivity contribution in [2.75, 3.05) is 13.2 Å². The summed E-state index contributed by atoms with van der Waals surface area (Å²) in [6.45, 7) is 4.72. The van der Waals surface area contributed by atoms with Crippen molar-refractivity contribution in [3.05, 3.63) is 0 Å². The van der Waals surface area contributed by atoms with E-state index in [2.05, 4.69) is 10.1 Å². The van der Waals surface area contributed by atoms with Crippen LogP contribution in [0.5, 0.6) is 0 Å². The van der Waals surface area contributed by atoms with E-state index in [1.54, 1.807) is 6.92 Å². The Labute approximate surface area is 55.4 Å². The third kappa shape index (κ3) is 5.14. The minimum atomic E-state index is -0.445. The fourth-order valence-corrected chi connectivity index (χ4v) is 0.364. The lowest BCUT2D eigenvalue weighted by Gasteiger charge is -1.98. The van der Waals surface area contributed by atoms with Gasteiger partial charge in [-0.15, -0.1) is 0 Å². The lowest BCUT2D eigenvalue weighted by molar-refractivity contribution is 0.146. The first kappa shape index (κ1) is 8.27. The average Bonchev–Trinajstić information content (AvgIpc) is 1.85. The third-order valence-electron chi connectivity index (χ3n) is 0.717. The summed E-state index contributed by atoms with van der Waals surface area (Å²) in [5.41, 5.74) is 0. The topological polar surface area (TPSA) is 40.4 Å². The maximum atomic E-state index is 10.4. The van der Waals surface area contributed by atoms with Crippen LogP contribution in [-0.4, -0.2) is 19.2 Å². The molecule has 0 saturated carbocycles. The first-order chi connectivity index (χ1) is 4.31. The van der Waals surface area contributed by atoms with E-state index in [-0.39, 0.29) is 0 Å². The molecule has 0 rings (SSSR count). The molecule has 0 aromatic carbocycles. The quantitative estimate of drug-likeness (QED) is 0.575. The molecule has 0 aromatic heterocycles. The molecular formula is C6H12NO2. The number of carbonyl (C=O) groups excluding carboxylic acids is 1. The van der Waals surface area contributed by atoms with Gasteiger partial charge in [-0.1, -0.05) is 6.92 Å². The highest BCUT2D eigenvalue weighted by Gasteiger charge is 1.97. The van der Waals surface area contributed by atoms with Crippen molar-refractivity contribution >= 4 is 6.09 Å². The van der Waals surface area contributed by atoms with Crippen molar-refractivity contribution in [1.82, 2.24) is 5.32 Å². The van der Waals surface area contributed by atoms with Crippen LogP contribution in [0.25, 0.3) is 0 Å². The summed E-state index contributed by atoms with van der Waals surface area (Å²) in [5.74, 6) is 0. The minimum Gasteiger partial charge on any atom is -0.448 e. The summed E-state index contributed by atoms with van der Waals surface area (Å²) >= 11 is 0. The van der Waals surface area contributed by atoms with Gasteiger partial charge in [-0.3, -0.25) is 0 Å². The Kier molecular flexibility index (Phi) is 4.97. The Balaban J connectivity index is 3.06. The maximum absolute atomic E-state index is 10.4. The molecule has 0 atom stereocenters. The SMILES string of the molecule is CCCOC(=O)[N]CC. The van der Waals surface area contributed by atoms with Crippen LogP contribution in [0.4, 0.5) is 4.79 Å². The number of hydrogen-bond acceptors (Lipinski definition) is 2. The van der Waals surface area contributed by atoms with Gasteiger partial charge in [0.1, 0.15) is 0 Å². The molecule has 53 valence electrons. The second kappa shape index (κ2) is 5.41. The number of hydrogen-bond donors (Lipinski definition) is 0. The van der Waals surface area contributed by atoms with E-state index in [0.29, 0.717) is 13.2 Å². The normalized spacial score (nSPS) is 8.67. The van der Waals surface area contributed by atoms with Crippen molar-refractivity contribution < 1.29 is 9.53 Å². The van der Waals surface area contributed by atoms with Gasteiger partial charge in [-0.05, 0) is 13.3 Å². The van der Waals surface area contributed by atoms with Crippen LogP contribution in [0, 0.1) is 0 Å². The van der Waals surface area contributed by atoms with Crippen LogP contribution in [0.1, 0.15) is 20.3 Å². The lowest BCUT2D eigenvalue weighted by Crippen LogP contribution is -2.16. The molecule has 0 aromatic rings. The summed E-state index contributed by atoms with van der Waals surface area (Å²) in [6.07, 6.45) is 0.407. The van der Waals surface area contributed by atoms with Gasteiger partial charge in [-0.25, -0.2) is 10.1 Å². The van der Waals surface area contributed by atoms with Crippen LogP contribution in [0.2, 0.25) is 0 Å². The average molecular weight is 130 g/mol. The fraction of sp³-hybridized carbons (Fsp3) is 0.833. The Morgan fingerprint density at radius 1 is 1.56 bits per heavy atom. The summed E-state index contributed by atoms with van der Waals surface area (Å²) < 4.78 is 4.63. The maximum Gasteiger partial charge on any atom is 0.428 e. The molecule has 0 bridgehead atoms. The monoisotopic (exact) mass is 130 g/mol. The van der Waals surface area contributed by atoms with Crippen LogP contribution in [0.3, 0.4) is 0 Å². The van der Waals surface area contributed by atoms with Gasteiger partial charge in [0.25, 0.3) is 0 Å². The molecule has 0 unspecified atom stereocenters. The predicted octanol–water partition coefficient (Wildman–Crippen LogP) is 1.16. The van der Waals surface area contributed by atoms with Gasteiger partial charge in [0.05, 0.1) is 6.61 Å². The van der Waals surface area contributed by atoms with Gasteiger partial charge in [0.15, 0.2) is 0 Å². The highest BCUT2D eigenvalue weighted by molar-refractivity contribution is 5.66. The van der Waals surface area contributed by atoms with Crippen molar-refractivity contribution in [2.24, 2.45) is 0 Å². The van der Waals surface area contributed by atoms with E-state index in [4.69, 9.17) is 0 Å². The van der Waals surface area contributed by atoms with E-state index in [0.717, 1.165) is 6.42 Å². The highest BCUT2D eigenvalue weighted by atomic mass is 16.5. The summed E-state index contributed by atoms with van der Waals surface area (Å²) in [6, 6.07) is 0. The molecule has 1 radical (unpaired) electrons. The van der Waals surface area contributed by atoms with Gasteiger partial charge in [0, 0.05) is 6.54 Å². The van der Waals surface area contributed by atoms with E-state index < -0.39 is 6.09 Å². The molecule has 3 heteroatoms. The second-order valence-corrected chi connectivity index (χ2v) is 1.59. The van der Waals surface area contributed by atoms with E-state index in [1.165, 1.54) is 0 Å². The van der Waals surface area contributed by atoms with Gasteiger partial charge < -0.3 is 4.74 Å². The van der Waals surface area contributed by atoms with Gasteiger partial charge in [-0.2, -0.15) is 0 Å². The summed E-state index contributed by atoms with van der Waals surface area (Å²) in [5, 5.41) is 3.50. The van der Waals surface area contributed by atoms with Crippen molar-refractivity contribution in [3.63, 3.8) is 0 Å².